The van der Waals surface area contributed by atoms with Gasteiger partial charge in [0.15, 0.2) is 0 Å². The summed E-state index contributed by atoms with van der Waals surface area (Å²) in [5, 5.41) is 10.9. The Morgan fingerprint density at radius 3 is 2.88 bits per heavy atom. The molecule has 2 rings (SSSR count). The molecule has 0 bridgehead atoms. The summed E-state index contributed by atoms with van der Waals surface area (Å²) in [6, 6.07) is 12.0. The third kappa shape index (κ3) is 3.25. The molecular formula is C14H17NO2. The molecule has 0 fully saturated rings. The lowest BCUT2D eigenvalue weighted by Gasteiger charge is -2.10. The highest BCUT2D eigenvalue weighted by Gasteiger charge is 2.07. The van der Waals surface area contributed by atoms with Gasteiger partial charge in [-0.3, -0.25) is 4.98 Å². The van der Waals surface area contributed by atoms with Crippen molar-refractivity contribution in [2.45, 2.75) is 19.4 Å². The number of nitrogens with zero attached hydrogens (tertiary/aromatic N) is 1. The lowest BCUT2D eigenvalue weighted by Crippen LogP contribution is -2.18. The Morgan fingerprint density at radius 1 is 1.24 bits per heavy atom. The maximum atomic E-state index is 9.74. The first-order valence-corrected chi connectivity index (χ1v) is 5.90. The summed E-state index contributed by atoms with van der Waals surface area (Å²) in [5.74, 6) is 0. The van der Waals surface area contributed by atoms with E-state index in [9.17, 15) is 5.11 Å². The quantitative estimate of drug-likeness (QED) is 0.857. The van der Waals surface area contributed by atoms with Gasteiger partial charge in [-0.15, -0.1) is 0 Å². The van der Waals surface area contributed by atoms with E-state index in [1.54, 1.807) is 0 Å². The summed E-state index contributed by atoms with van der Waals surface area (Å²) in [7, 11) is 0. The molecule has 0 saturated carbocycles. The Labute approximate surface area is 101 Å². The molecule has 0 spiro atoms. The Morgan fingerprint density at radius 2 is 2.06 bits per heavy atom. The van der Waals surface area contributed by atoms with Gasteiger partial charge in [-0.05, 0) is 19.1 Å². The van der Waals surface area contributed by atoms with E-state index in [4.69, 9.17) is 4.74 Å². The molecule has 3 heteroatoms. The summed E-state index contributed by atoms with van der Waals surface area (Å²) < 4.78 is 5.18. The van der Waals surface area contributed by atoms with Crippen molar-refractivity contribution in [3.8, 4) is 0 Å². The van der Waals surface area contributed by atoms with Crippen molar-refractivity contribution in [2.24, 2.45) is 0 Å². The minimum Gasteiger partial charge on any atom is -0.390 e. The van der Waals surface area contributed by atoms with Crippen LogP contribution in [-0.4, -0.2) is 29.4 Å². The number of pyridine rings is 1. The van der Waals surface area contributed by atoms with Crippen LogP contribution in [0.15, 0.2) is 36.4 Å². The molecule has 1 aromatic carbocycles. The van der Waals surface area contributed by atoms with Crippen LogP contribution in [0.2, 0.25) is 0 Å². The maximum Gasteiger partial charge on any atom is 0.0828 e. The average Bonchev–Trinajstić information content (AvgIpc) is 2.36. The van der Waals surface area contributed by atoms with Gasteiger partial charge in [0.2, 0.25) is 0 Å². The topological polar surface area (TPSA) is 42.4 Å². The number of hydrogen-bond donors (Lipinski definition) is 1. The van der Waals surface area contributed by atoms with E-state index < -0.39 is 6.10 Å². The normalized spacial score (nSPS) is 12.8. The molecule has 0 radical (unpaired) electrons. The Kier molecular flexibility index (Phi) is 4.07. The van der Waals surface area contributed by atoms with E-state index in [-0.39, 0.29) is 0 Å². The van der Waals surface area contributed by atoms with Gasteiger partial charge >= 0.3 is 0 Å². The number of aliphatic hydroxyl groups is 1. The van der Waals surface area contributed by atoms with Crippen molar-refractivity contribution >= 4 is 10.9 Å². The van der Waals surface area contributed by atoms with E-state index in [1.165, 1.54) is 0 Å². The monoisotopic (exact) mass is 231 g/mol. The summed E-state index contributed by atoms with van der Waals surface area (Å²) in [6.45, 7) is 2.91. The molecule has 0 amide bonds. The number of hydrogen-bond acceptors (Lipinski definition) is 3. The third-order valence-electron chi connectivity index (χ3n) is 2.62. The molecule has 1 N–H and O–H groups in total. The lowest BCUT2D eigenvalue weighted by atomic mass is 10.1. The van der Waals surface area contributed by atoms with Gasteiger partial charge in [0.25, 0.3) is 0 Å². The van der Waals surface area contributed by atoms with E-state index in [2.05, 4.69) is 4.98 Å². The largest absolute Gasteiger partial charge is 0.390 e. The van der Waals surface area contributed by atoms with Crippen LogP contribution < -0.4 is 0 Å². The van der Waals surface area contributed by atoms with Gasteiger partial charge in [0, 0.05) is 24.1 Å². The van der Waals surface area contributed by atoms with Gasteiger partial charge in [-0.1, -0.05) is 24.3 Å². The predicted molar refractivity (Wildman–Crippen MR) is 67.9 cm³/mol. The Balaban J connectivity index is 2.08. The van der Waals surface area contributed by atoms with Crippen LogP contribution in [0.3, 0.4) is 0 Å². The summed E-state index contributed by atoms with van der Waals surface area (Å²) in [5.41, 5.74) is 1.87. The second kappa shape index (κ2) is 5.75. The molecule has 3 nitrogen and oxygen atoms in total. The molecule has 0 aliphatic rings. The van der Waals surface area contributed by atoms with Crippen LogP contribution >= 0.6 is 0 Å². The fourth-order valence-electron chi connectivity index (χ4n) is 1.78. The molecule has 0 aliphatic heterocycles. The average molecular weight is 231 g/mol. The zero-order valence-electron chi connectivity index (χ0n) is 9.97. The maximum absolute atomic E-state index is 9.74. The van der Waals surface area contributed by atoms with Gasteiger partial charge in [0.1, 0.15) is 0 Å². The number of aromatic nitrogens is 1. The molecular weight excluding hydrogens is 214 g/mol. The third-order valence-corrected chi connectivity index (χ3v) is 2.62. The molecule has 0 saturated heterocycles. The first-order valence-electron chi connectivity index (χ1n) is 5.90. The first kappa shape index (κ1) is 12.0. The van der Waals surface area contributed by atoms with Crippen LogP contribution in [0, 0.1) is 0 Å². The number of benzene rings is 1. The molecule has 1 unspecified atom stereocenters. The van der Waals surface area contributed by atoms with Crippen LogP contribution in [0.4, 0.5) is 0 Å². The first-order chi connectivity index (χ1) is 8.29. The zero-order valence-corrected chi connectivity index (χ0v) is 9.97. The smallest absolute Gasteiger partial charge is 0.0828 e. The van der Waals surface area contributed by atoms with E-state index in [0.717, 1.165) is 16.6 Å². The van der Waals surface area contributed by atoms with Crippen LogP contribution in [-0.2, 0) is 11.2 Å². The SMILES string of the molecule is CCOCC(O)Cc1ccc2ccccc2n1. The van der Waals surface area contributed by atoms with Crippen molar-refractivity contribution in [3.05, 3.63) is 42.1 Å². The van der Waals surface area contributed by atoms with Crippen molar-refractivity contribution < 1.29 is 9.84 Å². The van der Waals surface area contributed by atoms with Crippen LogP contribution in [0.25, 0.3) is 10.9 Å². The highest BCUT2D eigenvalue weighted by Crippen LogP contribution is 2.12. The fourth-order valence-corrected chi connectivity index (χ4v) is 1.78. The van der Waals surface area contributed by atoms with Crippen molar-refractivity contribution in [1.82, 2.24) is 4.98 Å². The number of para-hydroxylation sites is 1. The standard InChI is InChI=1S/C14H17NO2/c1-2-17-10-13(16)9-12-8-7-11-5-3-4-6-14(11)15-12/h3-8,13,16H,2,9-10H2,1H3. The molecule has 1 aromatic heterocycles. The second-order valence-electron chi connectivity index (χ2n) is 4.01. The van der Waals surface area contributed by atoms with Gasteiger partial charge in [-0.25, -0.2) is 0 Å². The second-order valence-corrected chi connectivity index (χ2v) is 4.01. The van der Waals surface area contributed by atoms with Gasteiger partial charge in [-0.2, -0.15) is 0 Å². The number of ether oxygens (including phenoxy) is 1. The van der Waals surface area contributed by atoms with Crippen molar-refractivity contribution in [2.75, 3.05) is 13.2 Å². The van der Waals surface area contributed by atoms with E-state index >= 15 is 0 Å². The number of aliphatic hydroxyl groups excluding tert-OH is 1. The lowest BCUT2D eigenvalue weighted by molar-refractivity contribution is 0.0425. The fraction of sp³-hybridized carbons (Fsp3) is 0.357. The molecule has 0 aliphatic carbocycles. The number of rotatable bonds is 5. The van der Waals surface area contributed by atoms with Gasteiger partial charge in [0.05, 0.1) is 18.2 Å². The highest BCUT2D eigenvalue weighted by molar-refractivity contribution is 5.78. The number of fused-ring (bicyclic) bond motifs is 1. The summed E-state index contributed by atoms with van der Waals surface area (Å²) in [6.07, 6.45) is 0.0498. The van der Waals surface area contributed by atoms with E-state index in [1.807, 2.05) is 43.3 Å². The minimum atomic E-state index is -0.483. The predicted octanol–water partition coefficient (Wildman–Crippen LogP) is 2.17. The van der Waals surface area contributed by atoms with Crippen molar-refractivity contribution in [3.63, 3.8) is 0 Å². The van der Waals surface area contributed by atoms with E-state index in [0.29, 0.717) is 19.6 Å². The van der Waals surface area contributed by atoms with Crippen molar-refractivity contribution in [1.29, 1.82) is 0 Å². The molecule has 17 heavy (non-hydrogen) atoms. The molecule has 1 atom stereocenters. The molecule has 90 valence electrons. The summed E-state index contributed by atoms with van der Waals surface area (Å²) >= 11 is 0. The Bertz CT molecular complexity index is 484. The minimum absolute atomic E-state index is 0.366. The zero-order chi connectivity index (χ0) is 12.1. The summed E-state index contributed by atoms with van der Waals surface area (Å²) in [4.78, 5) is 4.51. The molecule has 1 heterocycles. The van der Waals surface area contributed by atoms with Crippen LogP contribution in [0.5, 0.6) is 0 Å². The van der Waals surface area contributed by atoms with Crippen LogP contribution in [0.1, 0.15) is 12.6 Å². The Hall–Kier alpha value is -1.45. The highest BCUT2D eigenvalue weighted by atomic mass is 16.5. The molecule has 2 aromatic rings. The van der Waals surface area contributed by atoms with Gasteiger partial charge < -0.3 is 9.84 Å².